The van der Waals surface area contributed by atoms with Crippen molar-refractivity contribution < 1.29 is 18.9 Å². The molecule has 8 nitrogen and oxygen atoms in total. The summed E-state index contributed by atoms with van der Waals surface area (Å²) in [5, 5.41) is 6.29. The van der Waals surface area contributed by atoms with Crippen molar-refractivity contribution in [2.24, 2.45) is 28.7 Å². The van der Waals surface area contributed by atoms with E-state index in [1.54, 1.807) is 0 Å². The summed E-state index contributed by atoms with van der Waals surface area (Å²) < 4.78 is 13.5. The largest absolute Gasteiger partial charge is 0.462 e. The molecule has 1 aliphatic heterocycles. The fourth-order valence-corrected chi connectivity index (χ4v) is 7.81. The number of hydrogen-bond donors (Lipinski definition) is 4. The van der Waals surface area contributed by atoms with Crippen LogP contribution in [0.4, 0.5) is 0 Å². The third-order valence-corrected chi connectivity index (χ3v) is 10.9. The number of carbonyl (C=O) groups excluding carboxylic acids is 2. The number of benzene rings is 2. The van der Waals surface area contributed by atoms with Crippen LogP contribution in [0.1, 0.15) is 70.9 Å². The van der Waals surface area contributed by atoms with Gasteiger partial charge in [-0.3, -0.25) is 9.59 Å². The predicted octanol–water partition coefficient (Wildman–Crippen LogP) is 4.02. The molecule has 4 fully saturated rings. The van der Waals surface area contributed by atoms with E-state index in [4.69, 9.17) is 20.8 Å². The number of hydrogen-bond acceptors (Lipinski definition) is 6. The first-order valence-corrected chi connectivity index (χ1v) is 16.5. The fourth-order valence-electron chi connectivity index (χ4n) is 7.81. The van der Waals surface area contributed by atoms with Crippen molar-refractivity contribution in [2.45, 2.75) is 108 Å². The first kappa shape index (κ1) is 32.7. The molecule has 2 amide bonds. The van der Waals surface area contributed by atoms with Gasteiger partial charge in [-0.15, -0.1) is 0 Å². The molecule has 8 atom stereocenters. The molecule has 6 N–H and O–H groups in total. The molecule has 238 valence electrons. The van der Waals surface area contributed by atoms with Crippen LogP contribution in [-0.4, -0.2) is 55.3 Å². The number of nitrogens with two attached hydrogens (primary N) is 2. The van der Waals surface area contributed by atoms with Gasteiger partial charge in [0.2, 0.25) is 11.8 Å². The van der Waals surface area contributed by atoms with Crippen LogP contribution in [0.2, 0.25) is 5.82 Å². The molecule has 1 saturated heterocycles. The van der Waals surface area contributed by atoms with Gasteiger partial charge >= 0.3 is 7.12 Å². The van der Waals surface area contributed by atoms with Crippen LogP contribution in [0, 0.1) is 17.3 Å². The molecule has 44 heavy (non-hydrogen) atoms. The van der Waals surface area contributed by atoms with Gasteiger partial charge in [-0.1, -0.05) is 87.9 Å². The van der Waals surface area contributed by atoms with Crippen LogP contribution in [0.15, 0.2) is 60.7 Å². The first-order chi connectivity index (χ1) is 21.0. The third-order valence-electron chi connectivity index (χ3n) is 10.9. The highest BCUT2D eigenvalue weighted by Gasteiger charge is 2.68. The molecule has 0 radical (unpaired) electrons. The van der Waals surface area contributed by atoms with E-state index in [1.165, 1.54) is 6.42 Å². The van der Waals surface area contributed by atoms with Crippen molar-refractivity contribution >= 4 is 18.9 Å². The smallest absolute Gasteiger partial charge is 0.405 e. The molecule has 4 aliphatic rings. The molecule has 1 heterocycles. The van der Waals surface area contributed by atoms with Crippen molar-refractivity contribution in [3.63, 3.8) is 0 Å². The zero-order valence-electron chi connectivity index (χ0n) is 26.8. The Labute approximate surface area is 263 Å². The summed E-state index contributed by atoms with van der Waals surface area (Å²) in [5.41, 5.74) is 13.8. The quantitative estimate of drug-likeness (QED) is 0.191. The highest BCUT2D eigenvalue weighted by molar-refractivity contribution is 6.47. The predicted molar refractivity (Wildman–Crippen MR) is 175 cm³/mol. The number of amides is 2. The standard InChI is InChI=1S/C35H51BN4O4/c1-23(36-43-31-22-26-21-30(34(26,2)3)35(31,4)44-36)28(19-24-13-7-5-8-14-24)39-33(42)29(20-25-15-9-6-10-16-25)40-32(41)27(38)17-11-12-18-37/h5-10,13-16,23,26-31H,11-12,17-22,37-38H2,1-4H3,(H,39,42)(H,40,41)/t23-,26?,27+,28-,29+,30?,31?,35-/m1/s1. The van der Waals surface area contributed by atoms with E-state index in [0.29, 0.717) is 37.6 Å². The minimum atomic E-state index is -0.783. The third kappa shape index (κ3) is 6.91. The van der Waals surface area contributed by atoms with Gasteiger partial charge in [0.05, 0.1) is 17.7 Å². The van der Waals surface area contributed by atoms with Gasteiger partial charge in [0, 0.05) is 18.3 Å². The van der Waals surface area contributed by atoms with E-state index in [-0.39, 0.29) is 40.8 Å². The molecule has 2 aromatic carbocycles. The Balaban J connectivity index is 1.34. The lowest BCUT2D eigenvalue weighted by Crippen LogP contribution is -2.65. The van der Waals surface area contributed by atoms with Gasteiger partial charge in [-0.25, -0.2) is 0 Å². The minimum Gasteiger partial charge on any atom is -0.405 e. The van der Waals surface area contributed by atoms with E-state index in [1.807, 2.05) is 48.5 Å². The number of nitrogens with one attached hydrogen (secondary N) is 2. The normalized spacial score (nSPS) is 27.8. The maximum atomic E-state index is 14.1. The summed E-state index contributed by atoms with van der Waals surface area (Å²) in [6.07, 6.45) is 5.31. The summed E-state index contributed by atoms with van der Waals surface area (Å²) >= 11 is 0. The molecule has 2 aromatic rings. The van der Waals surface area contributed by atoms with E-state index < -0.39 is 19.2 Å². The lowest BCUT2D eigenvalue weighted by Gasteiger charge is -2.64. The Morgan fingerprint density at radius 3 is 2.18 bits per heavy atom. The highest BCUT2D eigenvalue weighted by Crippen LogP contribution is 2.66. The van der Waals surface area contributed by atoms with Crippen molar-refractivity contribution in [3.05, 3.63) is 71.8 Å². The van der Waals surface area contributed by atoms with Gasteiger partial charge in [-0.2, -0.15) is 0 Å². The lowest BCUT2D eigenvalue weighted by molar-refractivity contribution is -0.199. The van der Waals surface area contributed by atoms with Crippen molar-refractivity contribution in [1.29, 1.82) is 0 Å². The molecule has 0 spiro atoms. The summed E-state index contributed by atoms with van der Waals surface area (Å²) in [6, 6.07) is 18.1. The molecule has 9 heteroatoms. The van der Waals surface area contributed by atoms with E-state index in [9.17, 15) is 9.59 Å². The van der Waals surface area contributed by atoms with E-state index in [0.717, 1.165) is 30.4 Å². The minimum absolute atomic E-state index is 0.0608. The maximum Gasteiger partial charge on any atom is 0.462 e. The van der Waals surface area contributed by atoms with Crippen LogP contribution in [0.25, 0.3) is 0 Å². The zero-order valence-corrected chi connectivity index (χ0v) is 26.8. The average molecular weight is 603 g/mol. The highest BCUT2D eigenvalue weighted by atomic mass is 16.7. The molecular weight excluding hydrogens is 551 g/mol. The van der Waals surface area contributed by atoms with Gasteiger partial charge in [0.1, 0.15) is 6.04 Å². The summed E-state index contributed by atoms with van der Waals surface area (Å²) in [6.45, 7) is 9.60. The maximum absolute atomic E-state index is 14.1. The zero-order chi connectivity index (χ0) is 31.5. The van der Waals surface area contributed by atoms with Crippen LogP contribution in [0.3, 0.4) is 0 Å². The van der Waals surface area contributed by atoms with Crippen LogP contribution >= 0.6 is 0 Å². The van der Waals surface area contributed by atoms with E-state index in [2.05, 4.69) is 50.5 Å². The number of rotatable bonds is 14. The SMILES string of the molecule is C[C@@H](B1OC2CC3CC(C3(C)C)[C@@]2(C)O1)[C@@H](Cc1ccccc1)NC(=O)[C@H](Cc1ccccc1)NC(=O)[C@@H](N)CCCCN. The Morgan fingerprint density at radius 1 is 0.932 bits per heavy atom. The lowest BCUT2D eigenvalue weighted by atomic mass is 9.43. The van der Waals surface area contributed by atoms with Gasteiger partial charge < -0.3 is 31.4 Å². The Morgan fingerprint density at radius 2 is 1.57 bits per heavy atom. The second kappa shape index (κ2) is 13.7. The molecule has 3 saturated carbocycles. The second-order valence-electron chi connectivity index (χ2n) is 14.1. The van der Waals surface area contributed by atoms with Crippen LogP contribution < -0.4 is 22.1 Å². The first-order valence-electron chi connectivity index (χ1n) is 16.5. The van der Waals surface area contributed by atoms with Crippen LogP contribution in [-0.2, 0) is 31.7 Å². The summed E-state index contributed by atoms with van der Waals surface area (Å²) in [7, 11) is -0.438. The summed E-state index contributed by atoms with van der Waals surface area (Å²) in [5.74, 6) is 0.416. The Kier molecular flexibility index (Phi) is 10.2. The van der Waals surface area contributed by atoms with Crippen LogP contribution in [0.5, 0.6) is 0 Å². The number of carbonyl (C=O) groups is 2. The molecule has 0 aromatic heterocycles. The van der Waals surface area contributed by atoms with Crippen molar-refractivity contribution in [3.8, 4) is 0 Å². The topological polar surface area (TPSA) is 129 Å². The van der Waals surface area contributed by atoms with Gasteiger partial charge in [0.15, 0.2) is 0 Å². The molecule has 3 unspecified atom stereocenters. The molecule has 2 bridgehead atoms. The monoisotopic (exact) mass is 602 g/mol. The Bertz CT molecular complexity index is 1260. The average Bonchev–Trinajstić information content (AvgIpc) is 3.38. The fraction of sp³-hybridized carbons (Fsp3) is 0.600. The van der Waals surface area contributed by atoms with Gasteiger partial charge in [-0.05, 0) is 74.0 Å². The molecule has 6 rings (SSSR count). The molecule has 3 aliphatic carbocycles. The molecular formula is C35H51BN4O4. The van der Waals surface area contributed by atoms with Crippen molar-refractivity contribution in [1.82, 2.24) is 10.6 Å². The van der Waals surface area contributed by atoms with E-state index >= 15 is 0 Å². The van der Waals surface area contributed by atoms with Gasteiger partial charge in [0.25, 0.3) is 0 Å². The van der Waals surface area contributed by atoms with Crippen molar-refractivity contribution in [2.75, 3.05) is 6.54 Å². The number of unbranched alkanes of at least 4 members (excludes halogenated alkanes) is 1. The summed E-state index contributed by atoms with van der Waals surface area (Å²) in [4.78, 5) is 27.2. The Hall–Kier alpha value is -2.72. The second-order valence-corrected chi connectivity index (χ2v) is 14.1.